The molecule has 0 bridgehead atoms. The van der Waals surface area contributed by atoms with Gasteiger partial charge in [-0.3, -0.25) is 24.7 Å². The second-order valence-corrected chi connectivity index (χ2v) is 6.61. The SMILES string of the molecule is CC(=O)OCCc1ccc(N2C(=N)C(C(=O)c3ccc(F)cc3F)=CCC2=O)cc1. The van der Waals surface area contributed by atoms with E-state index in [4.69, 9.17) is 10.1 Å². The van der Waals surface area contributed by atoms with Crippen molar-refractivity contribution < 1.29 is 27.9 Å². The molecule has 1 amide bonds. The molecule has 154 valence electrons. The van der Waals surface area contributed by atoms with Crippen LogP contribution in [-0.2, 0) is 20.7 Å². The van der Waals surface area contributed by atoms with E-state index in [1.807, 2.05) is 0 Å². The molecule has 0 spiro atoms. The summed E-state index contributed by atoms with van der Waals surface area (Å²) in [6.45, 7) is 1.54. The molecule has 0 aliphatic carbocycles. The number of carbonyl (C=O) groups excluding carboxylic acids is 3. The third-order valence-electron chi connectivity index (χ3n) is 4.52. The number of nitrogens with zero attached hydrogens (tertiary/aromatic N) is 1. The number of ketones is 1. The number of Topliss-reactive ketones (excluding diaryl/α,β-unsaturated/α-hetero) is 1. The Morgan fingerprint density at radius 2 is 1.83 bits per heavy atom. The van der Waals surface area contributed by atoms with Crippen molar-refractivity contribution in [3.63, 3.8) is 0 Å². The lowest BCUT2D eigenvalue weighted by molar-refractivity contribution is -0.140. The molecule has 3 rings (SSSR count). The van der Waals surface area contributed by atoms with Gasteiger partial charge in [0, 0.05) is 25.8 Å². The van der Waals surface area contributed by atoms with E-state index in [0.29, 0.717) is 18.2 Å². The average molecular weight is 412 g/mol. The molecule has 30 heavy (non-hydrogen) atoms. The fraction of sp³-hybridized carbons (Fsp3) is 0.182. The van der Waals surface area contributed by atoms with Gasteiger partial charge in [0.1, 0.15) is 17.5 Å². The van der Waals surface area contributed by atoms with Crippen molar-refractivity contribution in [2.75, 3.05) is 11.5 Å². The number of ether oxygens (including phenoxy) is 1. The Morgan fingerprint density at radius 3 is 2.47 bits per heavy atom. The van der Waals surface area contributed by atoms with Gasteiger partial charge in [-0.15, -0.1) is 0 Å². The molecular weight excluding hydrogens is 394 g/mol. The van der Waals surface area contributed by atoms with Crippen LogP contribution < -0.4 is 4.90 Å². The van der Waals surface area contributed by atoms with E-state index in [2.05, 4.69) is 0 Å². The highest BCUT2D eigenvalue weighted by atomic mass is 19.1. The van der Waals surface area contributed by atoms with Gasteiger partial charge in [0.05, 0.1) is 23.4 Å². The fourth-order valence-corrected chi connectivity index (χ4v) is 3.04. The summed E-state index contributed by atoms with van der Waals surface area (Å²) >= 11 is 0. The Bertz CT molecular complexity index is 1060. The van der Waals surface area contributed by atoms with E-state index in [9.17, 15) is 23.2 Å². The number of nitrogens with one attached hydrogen (secondary N) is 1. The standard InChI is InChI=1S/C22H18F2N2O4/c1-13(27)30-11-10-14-2-5-16(6-3-14)26-20(28)9-8-18(22(26)25)21(29)17-7-4-15(23)12-19(17)24/h2-8,12,25H,9-11H2,1H3. The van der Waals surface area contributed by atoms with Crippen LogP contribution in [0.1, 0.15) is 29.3 Å². The van der Waals surface area contributed by atoms with Crippen LogP contribution >= 0.6 is 0 Å². The number of anilines is 1. The monoisotopic (exact) mass is 412 g/mol. The number of hydrogen-bond acceptors (Lipinski definition) is 5. The molecule has 0 atom stereocenters. The predicted molar refractivity (Wildman–Crippen MR) is 105 cm³/mol. The third kappa shape index (κ3) is 4.48. The summed E-state index contributed by atoms with van der Waals surface area (Å²) < 4.78 is 32.0. The van der Waals surface area contributed by atoms with E-state index in [1.165, 1.54) is 13.0 Å². The topological polar surface area (TPSA) is 87.5 Å². The van der Waals surface area contributed by atoms with E-state index in [-0.39, 0.29) is 36.0 Å². The number of amides is 1. The average Bonchev–Trinajstić information content (AvgIpc) is 2.68. The molecule has 1 N–H and O–H groups in total. The maximum Gasteiger partial charge on any atom is 0.302 e. The van der Waals surface area contributed by atoms with Gasteiger partial charge < -0.3 is 4.74 Å². The Morgan fingerprint density at radius 1 is 1.13 bits per heavy atom. The molecule has 2 aromatic carbocycles. The van der Waals surface area contributed by atoms with E-state index < -0.39 is 23.3 Å². The zero-order valence-corrected chi connectivity index (χ0v) is 16.1. The number of amidine groups is 1. The van der Waals surface area contributed by atoms with Crippen LogP contribution in [0.5, 0.6) is 0 Å². The van der Waals surface area contributed by atoms with Gasteiger partial charge in [0.2, 0.25) is 5.91 Å². The summed E-state index contributed by atoms with van der Waals surface area (Å²) in [5, 5.41) is 8.34. The minimum atomic E-state index is -1.03. The van der Waals surface area contributed by atoms with Gasteiger partial charge >= 0.3 is 5.97 Å². The second-order valence-electron chi connectivity index (χ2n) is 6.61. The number of carbonyl (C=O) groups is 3. The van der Waals surface area contributed by atoms with E-state index in [1.54, 1.807) is 24.3 Å². The van der Waals surface area contributed by atoms with Crippen LogP contribution in [0.25, 0.3) is 0 Å². The molecule has 1 aliphatic rings. The van der Waals surface area contributed by atoms with Crippen molar-refractivity contribution >= 4 is 29.2 Å². The smallest absolute Gasteiger partial charge is 0.302 e. The highest BCUT2D eigenvalue weighted by molar-refractivity contribution is 6.37. The molecule has 0 fully saturated rings. The quantitative estimate of drug-likeness (QED) is 0.580. The third-order valence-corrected chi connectivity index (χ3v) is 4.52. The molecule has 1 aliphatic heterocycles. The first kappa shape index (κ1) is 21.0. The summed E-state index contributed by atoms with van der Waals surface area (Å²) in [4.78, 5) is 37.0. The van der Waals surface area contributed by atoms with Crippen molar-refractivity contribution in [2.45, 2.75) is 19.8 Å². The lowest BCUT2D eigenvalue weighted by Gasteiger charge is -2.27. The minimum absolute atomic E-state index is 0.138. The zero-order valence-electron chi connectivity index (χ0n) is 16.1. The van der Waals surface area contributed by atoms with E-state index >= 15 is 0 Å². The first-order chi connectivity index (χ1) is 14.3. The Hall–Kier alpha value is -3.68. The molecule has 0 unspecified atom stereocenters. The number of rotatable bonds is 6. The Balaban J connectivity index is 1.81. The highest BCUT2D eigenvalue weighted by Gasteiger charge is 2.31. The molecule has 2 aromatic rings. The van der Waals surface area contributed by atoms with E-state index in [0.717, 1.165) is 22.6 Å². The molecule has 0 aromatic heterocycles. The normalized spacial score (nSPS) is 13.8. The molecule has 1 heterocycles. The van der Waals surface area contributed by atoms with Gasteiger partial charge in [0.15, 0.2) is 5.78 Å². The molecule has 0 radical (unpaired) electrons. The highest BCUT2D eigenvalue weighted by Crippen LogP contribution is 2.25. The first-order valence-corrected chi connectivity index (χ1v) is 9.12. The number of halogens is 2. The lowest BCUT2D eigenvalue weighted by atomic mass is 9.97. The Labute approximate surface area is 171 Å². The number of esters is 1. The van der Waals surface area contributed by atoms with Crippen LogP contribution in [-0.4, -0.2) is 30.1 Å². The van der Waals surface area contributed by atoms with Crippen LogP contribution in [0.3, 0.4) is 0 Å². The zero-order chi connectivity index (χ0) is 21.8. The van der Waals surface area contributed by atoms with Crippen molar-refractivity contribution in [3.05, 3.63) is 76.9 Å². The number of hydrogen-bond donors (Lipinski definition) is 1. The predicted octanol–water partition coefficient (Wildman–Crippen LogP) is 3.59. The van der Waals surface area contributed by atoms with Crippen LogP contribution in [0.2, 0.25) is 0 Å². The van der Waals surface area contributed by atoms with Crippen molar-refractivity contribution in [1.29, 1.82) is 5.41 Å². The minimum Gasteiger partial charge on any atom is -0.466 e. The summed E-state index contributed by atoms with van der Waals surface area (Å²) in [5.74, 6) is -3.82. The van der Waals surface area contributed by atoms with Crippen LogP contribution in [0.4, 0.5) is 14.5 Å². The maximum atomic E-state index is 14.0. The summed E-state index contributed by atoms with van der Waals surface area (Å²) in [5.41, 5.74) is 0.719. The molecular formula is C22H18F2N2O4. The van der Waals surface area contributed by atoms with Gasteiger partial charge in [0.25, 0.3) is 0 Å². The van der Waals surface area contributed by atoms with Gasteiger partial charge in [-0.25, -0.2) is 8.78 Å². The molecule has 0 saturated heterocycles. The lowest BCUT2D eigenvalue weighted by Crippen LogP contribution is -2.42. The molecule has 0 saturated carbocycles. The van der Waals surface area contributed by atoms with Crippen molar-refractivity contribution in [2.24, 2.45) is 0 Å². The summed E-state index contributed by atoms with van der Waals surface area (Å²) in [7, 11) is 0. The number of benzene rings is 2. The largest absolute Gasteiger partial charge is 0.466 e. The Kier molecular flexibility index (Phi) is 6.15. The maximum absolute atomic E-state index is 14.0. The van der Waals surface area contributed by atoms with Gasteiger partial charge in [-0.1, -0.05) is 18.2 Å². The van der Waals surface area contributed by atoms with Gasteiger partial charge in [-0.2, -0.15) is 0 Å². The summed E-state index contributed by atoms with van der Waals surface area (Å²) in [6.07, 6.45) is 1.62. The van der Waals surface area contributed by atoms with Gasteiger partial charge in [-0.05, 0) is 29.8 Å². The van der Waals surface area contributed by atoms with Crippen LogP contribution in [0, 0.1) is 17.0 Å². The van der Waals surface area contributed by atoms with Crippen molar-refractivity contribution in [1.82, 2.24) is 0 Å². The second kappa shape index (κ2) is 8.77. The fourth-order valence-electron chi connectivity index (χ4n) is 3.04. The summed E-state index contributed by atoms with van der Waals surface area (Å²) in [6, 6.07) is 9.23. The molecule has 6 nitrogen and oxygen atoms in total. The first-order valence-electron chi connectivity index (χ1n) is 9.12. The van der Waals surface area contributed by atoms with Crippen molar-refractivity contribution in [3.8, 4) is 0 Å². The molecule has 8 heteroatoms. The van der Waals surface area contributed by atoms with Crippen LogP contribution in [0.15, 0.2) is 54.1 Å².